The van der Waals surface area contributed by atoms with Crippen LogP contribution in [0.3, 0.4) is 0 Å². The average molecular weight is 228 g/mol. The molecule has 2 aliphatic rings. The molecule has 15 heavy (non-hydrogen) atoms. The van der Waals surface area contributed by atoms with Gasteiger partial charge in [-0.05, 0) is 45.3 Å². The van der Waals surface area contributed by atoms with Crippen molar-refractivity contribution in [2.45, 2.75) is 37.4 Å². The Bertz CT molecular complexity index is 145. The number of piperidine rings is 2. The largest absolute Gasteiger partial charge is 0.316 e. The summed E-state index contributed by atoms with van der Waals surface area (Å²) in [5, 5.41) is 4.38. The fourth-order valence-corrected chi connectivity index (χ4v) is 3.76. The number of nitrogens with zero attached hydrogens (tertiary/aromatic N) is 1. The highest BCUT2D eigenvalue weighted by molar-refractivity contribution is 7.99. The van der Waals surface area contributed by atoms with E-state index in [0.29, 0.717) is 0 Å². The molecular weight excluding hydrogens is 204 g/mol. The predicted octanol–water partition coefficient (Wildman–Crippen LogP) is 1.96. The van der Waals surface area contributed by atoms with Crippen LogP contribution < -0.4 is 5.32 Å². The minimum Gasteiger partial charge on any atom is -0.316 e. The lowest BCUT2D eigenvalue weighted by atomic mass is 10.1. The first-order valence-corrected chi connectivity index (χ1v) is 7.55. The molecule has 0 aromatic heterocycles. The first-order chi connectivity index (χ1) is 7.45. The molecule has 2 aliphatic heterocycles. The van der Waals surface area contributed by atoms with E-state index < -0.39 is 0 Å². The van der Waals surface area contributed by atoms with Gasteiger partial charge in [0.05, 0.1) is 0 Å². The smallest absolute Gasteiger partial charge is 0.0173 e. The zero-order valence-corrected chi connectivity index (χ0v) is 10.5. The number of thioether (sulfide) groups is 1. The summed E-state index contributed by atoms with van der Waals surface area (Å²) in [7, 11) is 0. The molecule has 2 heterocycles. The van der Waals surface area contributed by atoms with Crippen LogP contribution in [0.2, 0.25) is 0 Å². The van der Waals surface area contributed by atoms with Crippen molar-refractivity contribution in [2.24, 2.45) is 0 Å². The van der Waals surface area contributed by atoms with Crippen molar-refractivity contribution in [1.82, 2.24) is 10.2 Å². The molecule has 88 valence electrons. The van der Waals surface area contributed by atoms with Gasteiger partial charge in [0.2, 0.25) is 0 Å². The molecule has 0 saturated carbocycles. The highest BCUT2D eigenvalue weighted by Gasteiger charge is 2.14. The Balaban J connectivity index is 1.53. The van der Waals surface area contributed by atoms with Gasteiger partial charge >= 0.3 is 0 Å². The van der Waals surface area contributed by atoms with Gasteiger partial charge in [-0.15, -0.1) is 0 Å². The third kappa shape index (κ3) is 4.33. The summed E-state index contributed by atoms with van der Waals surface area (Å²) in [5.41, 5.74) is 0. The van der Waals surface area contributed by atoms with Gasteiger partial charge in [0.15, 0.2) is 0 Å². The SMILES string of the molecule is C1CCN(CCSC2CCCNC2)CC1. The van der Waals surface area contributed by atoms with Crippen molar-refractivity contribution >= 4 is 11.8 Å². The Morgan fingerprint density at radius 1 is 1.13 bits per heavy atom. The van der Waals surface area contributed by atoms with E-state index in [2.05, 4.69) is 22.0 Å². The van der Waals surface area contributed by atoms with Crippen molar-refractivity contribution in [3.8, 4) is 0 Å². The Morgan fingerprint density at radius 2 is 2.00 bits per heavy atom. The van der Waals surface area contributed by atoms with Crippen molar-refractivity contribution < 1.29 is 0 Å². The van der Waals surface area contributed by atoms with Gasteiger partial charge in [0.25, 0.3) is 0 Å². The molecule has 1 unspecified atom stereocenters. The summed E-state index contributed by atoms with van der Waals surface area (Å²) in [6.07, 6.45) is 7.11. The van der Waals surface area contributed by atoms with Gasteiger partial charge in [-0.3, -0.25) is 0 Å². The van der Waals surface area contributed by atoms with E-state index in [-0.39, 0.29) is 0 Å². The molecule has 0 radical (unpaired) electrons. The van der Waals surface area contributed by atoms with Gasteiger partial charge in [0, 0.05) is 24.1 Å². The monoisotopic (exact) mass is 228 g/mol. The van der Waals surface area contributed by atoms with E-state index in [1.54, 1.807) is 0 Å². The van der Waals surface area contributed by atoms with E-state index in [4.69, 9.17) is 0 Å². The number of rotatable bonds is 4. The van der Waals surface area contributed by atoms with Gasteiger partial charge in [-0.25, -0.2) is 0 Å². The van der Waals surface area contributed by atoms with Crippen molar-refractivity contribution in [2.75, 3.05) is 38.5 Å². The van der Waals surface area contributed by atoms with Crippen LogP contribution in [-0.4, -0.2) is 48.6 Å². The molecule has 2 rings (SSSR count). The van der Waals surface area contributed by atoms with E-state index in [1.807, 2.05) is 0 Å². The van der Waals surface area contributed by atoms with Gasteiger partial charge in [-0.1, -0.05) is 6.42 Å². The molecule has 0 bridgehead atoms. The van der Waals surface area contributed by atoms with Crippen LogP contribution in [-0.2, 0) is 0 Å². The van der Waals surface area contributed by atoms with E-state index in [0.717, 1.165) is 5.25 Å². The van der Waals surface area contributed by atoms with Crippen LogP contribution in [0.5, 0.6) is 0 Å². The molecule has 2 nitrogen and oxygen atoms in total. The van der Waals surface area contributed by atoms with Gasteiger partial charge < -0.3 is 10.2 Å². The topological polar surface area (TPSA) is 15.3 Å². The summed E-state index contributed by atoms with van der Waals surface area (Å²) in [6.45, 7) is 6.50. The Kier molecular flexibility index (Phi) is 5.30. The minimum atomic E-state index is 0.892. The molecule has 3 heteroatoms. The lowest BCUT2D eigenvalue weighted by Gasteiger charge is -2.27. The highest BCUT2D eigenvalue weighted by atomic mass is 32.2. The summed E-state index contributed by atoms with van der Waals surface area (Å²) < 4.78 is 0. The summed E-state index contributed by atoms with van der Waals surface area (Å²) in [6, 6.07) is 0. The molecule has 1 atom stereocenters. The highest BCUT2D eigenvalue weighted by Crippen LogP contribution is 2.19. The molecule has 0 amide bonds. The second kappa shape index (κ2) is 6.77. The Morgan fingerprint density at radius 3 is 2.73 bits per heavy atom. The van der Waals surface area contributed by atoms with Crippen LogP contribution in [0, 0.1) is 0 Å². The van der Waals surface area contributed by atoms with Crippen LogP contribution >= 0.6 is 11.8 Å². The van der Waals surface area contributed by atoms with Crippen LogP contribution in [0.25, 0.3) is 0 Å². The molecule has 2 fully saturated rings. The molecule has 0 spiro atoms. The van der Waals surface area contributed by atoms with E-state index in [1.165, 1.54) is 70.6 Å². The van der Waals surface area contributed by atoms with Crippen LogP contribution in [0.4, 0.5) is 0 Å². The van der Waals surface area contributed by atoms with E-state index >= 15 is 0 Å². The molecule has 2 saturated heterocycles. The molecule has 1 N–H and O–H groups in total. The third-order valence-corrected chi connectivity index (χ3v) is 4.75. The first-order valence-electron chi connectivity index (χ1n) is 6.50. The third-order valence-electron chi connectivity index (χ3n) is 3.46. The zero-order valence-electron chi connectivity index (χ0n) is 9.71. The quantitative estimate of drug-likeness (QED) is 0.792. The summed E-state index contributed by atoms with van der Waals surface area (Å²) in [5.74, 6) is 1.34. The normalized spacial score (nSPS) is 29.2. The standard InChI is InChI=1S/C12H24N2S/c1-2-7-14(8-3-1)9-10-15-12-5-4-6-13-11-12/h12-13H,1-11H2. The number of nitrogens with one attached hydrogen (secondary N) is 1. The lowest BCUT2D eigenvalue weighted by Crippen LogP contribution is -2.34. The summed E-state index contributed by atoms with van der Waals surface area (Å²) >= 11 is 2.19. The minimum absolute atomic E-state index is 0.892. The van der Waals surface area contributed by atoms with Crippen molar-refractivity contribution in [3.63, 3.8) is 0 Å². The maximum absolute atomic E-state index is 3.49. The maximum Gasteiger partial charge on any atom is 0.0173 e. The fourth-order valence-electron chi connectivity index (χ4n) is 2.49. The Labute approximate surface area is 98.2 Å². The molecule has 0 aromatic rings. The average Bonchev–Trinajstić information content (AvgIpc) is 2.32. The molecule has 0 aromatic carbocycles. The zero-order chi connectivity index (χ0) is 10.3. The van der Waals surface area contributed by atoms with Crippen LogP contribution in [0.15, 0.2) is 0 Å². The van der Waals surface area contributed by atoms with Gasteiger partial charge in [0.1, 0.15) is 0 Å². The maximum atomic E-state index is 3.49. The second-order valence-electron chi connectivity index (χ2n) is 4.74. The van der Waals surface area contributed by atoms with Crippen LogP contribution in [0.1, 0.15) is 32.1 Å². The summed E-state index contributed by atoms with van der Waals surface area (Å²) in [4.78, 5) is 2.65. The number of likely N-dealkylation sites (tertiary alicyclic amines) is 1. The fraction of sp³-hybridized carbons (Fsp3) is 1.00. The molecular formula is C12H24N2S. The second-order valence-corrected chi connectivity index (χ2v) is 6.15. The lowest BCUT2D eigenvalue weighted by molar-refractivity contribution is 0.242. The Hall–Kier alpha value is 0.270. The number of hydrogen-bond donors (Lipinski definition) is 1. The molecule has 0 aliphatic carbocycles. The van der Waals surface area contributed by atoms with Crippen molar-refractivity contribution in [3.05, 3.63) is 0 Å². The van der Waals surface area contributed by atoms with Gasteiger partial charge in [-0.2, -0.15) is 11.8 Å². The first kappa shape index (κ1) is 11.7. The predicted molar refractivity (Wildman–Crippen MR) is 68.6 cm³/mol. The number of hydrogen-bond acceptors (Lipinski definition) is 3. The van der Waals surface area contributed by atoms with E-state index in [9.17, 15) is 0 Å². The van der Waals surface area contributed by atoms with Crippen molar-refractivity contribution in [1.29, 1.82) is 0 Å².